The van der Waals surface area contributed by atoms with Crippen molar-refractivity contribution in [2.45, 2.75) is 20.0 Å². The third kappa shape index (κ3) is 3.54. The third-order valence-corrected chi connectivity index (χ3v) is 3.38. The Labute approximate surface area is 124 Å². The Bertz CT molecular complexity index is 668. The number of rotatable bonds is 4. The molecule has 0 saturated heterocycles. The van der Waals surface area contributed by atoms with Crippen LogP contribution in [-0.4, -0.2) is 15.5 Å². The Balaban J connectivity index is 2.02. The van der Waals surface area contributed by atoms with Gasteiger partial charge in [0.05, 0.1) is 0 Å². The molecule has 0 aliphatic rings. The van der Waals surface area contributed by atoms with Gasteiger partial charge in [0.2, 0.25) is 5.91 Å². The molecule has 1 N–H and O–H groups in total. The molecular formula is C14H14BrN3O2. The fourth-order valence-electron chi connectivity index (χ4n) is 1.73. The van der Waals surface area contributed by atoms with E-state index in [0.717, 1.165) is 5.56 Å². The topological polar surface area (TPSA) is 64.0 Å². The summed E-state index contributed by atoms with van der Waals surface area (Å²) in [6, 6.07) is 9.60. The highest BCUT2D eigenvalue weighted by Crippen LogP contribution is 2.01. The van der Waals surface area contributed by atoms with Gasteiger partial charge in [0.25, 0.3) is 5.56 Å². The van der Waals surface area contributed by atoms with Gasteiger partial charge in [0.15, 0.2) is 0 Å². The third-order valence-electron chi connectivity index (χ3n) is 2.84. The van der Waals surface area contributed by atoms with E-state index in [4.69, 9.17) is 0 Å². The van der Waals surface area contributed by atoms with Crippen LogP contribution in [0.1, 0.15) is 11.4 Å². The number of halogens is 1. The maximum Gasteiger partial charge on any atom is 0.268 e. The molecule has 1 aromatic heterocycles. The van der Waals surface area contributed by atoms with Gasteiger partial charge in [-0.15, -0.1) is 0 Å². The van der Waals surface area contributed by atoms with Crippen LogP contribution in [0.25, 0.3) is 0 Å². The van der Waals surface area contributed by atoms with Crippen LogP contribution >= 0.6 is 15.9 Å². The first-order valence-electron chi connectivity index (χ1n) is 6.10. The number of aryl methyl sites for hydroxylation is 1. The molecule has 0 aliphatic heterocycles. The number of carbonyl (C=O) groups excluding carboxylic acids is 1. The highest BCUT2D eigenvalue weighted by molar-refractivity contribution is 9.10. The van der Waals surface area contributed by atoms with Gasteiger partial charge in [-0.05, 0) is 28.4 Å². The van der Waals surface area contributed by atoms with Gasteiger partial charge in [0, 0.05) is 12.7 Å². The zero-order chi connectivity index (χ0) is 14.5. The smallest absolute Gasteiger partial charge is 0.268 e. The quantitative estimate of drug-likeness (QED) is 0.923. The second-order valence-corrected chi connectivity index (χ2v) is 5.16. The summed E-state index contributed by atoms with van der Waals surface area (Å²) in [5, 5.41) is 2.78. The summed E-state index contributed by atoms with van der Waals surface area (Å²) in [4.78, 5) is 27.8. The van der Waals surface area contributed by atoms with E-state index in [1.54, 1.807) is 6.92 Å². The van der Waals surface area contributed by atoms with Crippen LogP contribution in [0.3, 0.4) is 0 Å². The van der Waals surface area contributed by atoms with E-state index in [-0.39, 0.29) is 18.0 Å². The summed E-state index contributed by atoms with van der Waals surface area (Å²) in [6.45, 7) is 2.09. The van der Waals surface area contributed by atoms with Gasteiger partial charge >= 0.3 is 0 Å². The Kier molecular flexibility index (Phi) is 4.68. The molecule has 2 rings (SSSR count). The largest absolute Gasteiger partial charge is 0.350 e. The van der Waals surface area contributed by atoms with Crippen LogP contribution in [0.5, 0.6) is 0 Å². The van der Waals surface area contributed by atoms with Crippen LogP contribution in [0.4, 0.5) is 0 Å². The van der Waals surface area contributed by atoms with Gasteiger partial charge in [0.1, 0.15) is 16.8 Å². The van der Waals surface area contributed by atoms with Crippen molar-refractivity contribution in [1.82, 2.24) is 14.9 Å². The molecule has 1 heterocycles. The Morgan fingerprint density at radius 1 is 1.35 bits per heavy atom. The Morgan fingerprint density at radius 2 is 2.05 bits per heavy atom. The van der Waals surface area contributed by atoms with Crippen molar-refractivity contribution in [3.8, 4) is 0 Å². The number of carbonyl (C=O) groups is 1. The highest BCUT2D eigenvalue weighted by Gasteiger charge is 2.09. The molecule has 1 amide bonds. The molecule has 20 heavy (non-hydrogen) atoms. The van der Waals surface area contributed by atoms with E-state index in [2.05, 4.69) is 26.2 Å². The van der Waals surface area contributed by atoms with Gasteiger partial charge < -0.3 is 5.32 Å². The molecule has 1 aromatic carbocycles. The lowest BCUT2D eigenvalue weighted by Crippen LogP contribution is -2.33. The first-order chi connectivity index (χ1) is 9.58. The summed E-state index contributed by atoms with van der Waals surface area (Å²) in [6.07, 6.45) is 1.44. The van der Waals surface area contributed by atoms with Crippen LogP contribution in [-0.2, 0) is 17.9 Å². The minimum Gasteiger partial charge on any atom is -0.350 e. The standard InChI is InChI=1S/C14H14BrN3O2/c1-10-16-8-12(15)14(20)18(10)9-13(19)17-7-11-5-3-2-4-6-11/h2-6,8H,7,9H2,1H3,(H,17,19). The molecule has 0 aliphatic carbocycles. The fourth-order valence-corrected chi connectivity index (χ4v) is 2.05. The molecule has 5 nitrogen and oxygen atoms in total. The first-order valence-corrected chi connectivity index (χ1v) is 6.90. The van der Waals surface area contributed by atoms with E-state index in [9.17, 15) is 9.59 Å². The number of hydrogen-bond donors (Lipinski definition) is 1. The lowest BCUT2D eigenvalue weighted by molar-refractivity contribution is -0.121. The number of aromatic nitrogens is 2. The molecule has 6 heteroatoms. The maximum absolute atomic E-state index is 11.9. The normalized spacial score (nSPS) is 10.3. The second-order valence-electron chi connectivity index (χ2n) is 4.31. The molecule has 0 unspecified atom stereocenters. The van der Waals surface area contributed by atoms with Gasteiger partial charge in [-0.1, -0.05) is 30.3 Å². The molecule has 0 bridgehead atoms. The summed E-state index contributed by atoms with van der Waals surface area (Å²) in [5.41, 5.74) is 0.754. The number of nitrogens with zero attached hydrogens (tertiary/aromatic N) is 2. The maximum atomic E-state index is 11.9. The van der Waals surface area contributed by atoms with Crippen molar-refractivity contribution in [2.24, 2.45) is 0 Å². The molecule has 0 radical (unpaired) electrons. The predicted octanol–water partition coefficient (Wildman–Crippen LogP) is 1.63. The molecule has 2 aromatic rings. The minimum atomic E-state index is -0.257. The van der Waals surface area contributed by atoms with E-state index in [1.165, 1.54) is 10.8 Å². The van der Waals surface area contributed by atoms with Crippen LogP contribution in [0.15, 0.2) is 45.8 Å². The zero-order valence-corrected chi connectivity index (χ0v) is 12.6. The summed E-state index contributed by atoms with van der Waals surface area (Å²) in [5.74, 6) is 0.284. The average Bonchev–Trinajstić information content (AvgIpc) is 2.46. The van der Waals surface area contributed by atoms with E-state index >= 15 is 0 Å². The van der Waals surface area contributed by atoms with Crippen molar-refractivity contribution in [2.75, 3.05) is 0 Å². The monoisotopic (exact) mass is 335 g/mol. The molecule has 0 atom stereocenters. The van der Waals surface area contributed by atoms with E-state index in [1.807, 2.05) is 30.3 Å². The summed E-state index contributed by atoms with van der Waals surface area (Å²) in [7, 11) is 0. The fraction of sp³-hybridized carbons (Fsp3) is 0.214. The van der Waals surface area contributed by atoms with Crippen LogP contribution in [0, 0.1) is 6.92 Å². The van der Waals surface area contributed by atoms with Gasteiger partial charge in [-0.25, -0.2) is 4.98 Å². The van der Waals surface area contributed by atoms with Crippen LogP contribution < -0.4 is 10.9 Å². The van der Waals surface area contributed by atoms with Crippen molar-refractivity contribution in [3.05, 3.63) is 62.7 Å². The lowest BCUT2D eigenvalue weighted by atomic mass is 10.2. The van der Waals surface area contributed by atoms with Crippen molar-refractivity contribution < 1.29 is 4.79 Å². The Morgan fingerprint density at radius 3 is 2.75 bits per heavy atom. The average molecular weight is 336 g/mol. The van der Waals surface area contributed by atoms with Gasteiger partial charge in [-0.3, -0.25) is 14.2 Å². The summed E-state index contributed by atoms with van der Waals surface area (Å²) < 4.78 is 1.68. The number of hydrogen-bond acceptors (Lipinski definition) is 3. The zero-order valence-electron chi connectivity index (χ0n) is 11.0. The number of nitrogens with one attached hydrogen (secondary N) is 1. The first kappa shape index (κ1) is 14.5. The van der Waals surface area contributed by atoms with E-state index in [0.29, 0.717) is 16.8 Å². The molecule has 104 valence electrons. The van der Waals surface area contributed by atoms with Gasteiger partial charge in [-0.2, -0.15) is 0 Å². The molecule has 0 spiro atoms. The second kappa shape index (κ2) is 6.47. The Hall–Kier alpha value is -1.95. The highest BCUT2D eigenvalue weighted by atomic mass is 79.9. The summed E-state index contributed by atoms with van der Waals surface area (Å²) >= 11 is 3.12. The number of amides is 1. The van der Waals surface area contributed by atoms with Crippen molar-refractivity contribution in [1.29, 1.82) is 0 Å². The predicted molar refractivity (Wildman–Crippen MR) is 79.2 cm³/mol. The van der Waals surface area contributed by atoms with Crippen molar-refractivity contribution in [3.63, 3.8) is 0 Å². The number of benzene rings is 1. The van der Waals surface area contributed by atoms with Crippen molar-refractivity contribution >= 4 is 21.8 Å². The SMILES string of the molecule is Cc1ncc(Br)c(=O)n1CC(=O)NCc1ccccc1. The van der Waals surface area contributed by atoms with Crippen LogP contribution in [0.2, 0.25) is 0 Å². The molecule has 0 fully saturated rings. The van der Waals surface area contributed by atoms with E-state index < -0.39 is 0 Å². The minimum absolute atomic E-state index is 0.0378. The lowest BCUT2D eigenvalue weighted by Gasteiger charge is -2.10. The molecule has 0 saturated carbocycles. The molecular weight excluding hydrogens is 322 g/mol.